The first-order valence-electron chi connectivity index (χ1n) is 7.05. The summed E-state index contributed by atoms with van der Waals surface area (Å²) in [5.74, 6) is 1.36. The van der Waals surface area contributed by atoms with Crippen LogP contribution in [0.25, 0.3) is 0 Å². The number of hydrogen-bond acceptors (Lipinski definition) is 5. The van der Waals surface area contributed by atoms with Crippen LogP contribution in [0.2, 0.25) is 0 Å². The van der Waals surface area contributed by atoms with Crippen LogP contribution in [-0.2, 0) is 4.74 Å². The van der Waals surface area contributed by atoms with Gasteiger partial charge in [0.1, 0.15) is 19.3 Å². The Bertz CT molecular complexity index is 503. The van der Waals surface area contributed by atoms with Gasteiger partial charge in [0, 0.05) is 18.7 Å². The fraction of sp³-hybridized carbons (Fsp3) is 0.533. The summed E-state index contributed by atoms with van der Waals surface area (Å²) >= 11 is 0. The van der Waals surface area contributed by atoms with E-state index < -0.39 is 0 Å². The lowest BCUT2D eigenvalue weighted by atomic mass is 10.0. The third-order valence-corrected chi connectivity index (χ3v) is 3.72. The van der Waals surface area contributed by atoms with Gasteiger partial charge in [0.15, 0.2) is 17.3 Å². The van der Waals surface area contributed by atoms with Crippen molar-refractivity contribution in [3.05, 3.63) is 23.8 Å². The molecule has 0 aromatic heterocycles. The van der Waals surface area contributed by atoms with E-state index >= 15 is 0 Å². The van der Waals surface area contributed by atoms with Gasteiger partial charge >= 0.3 is 0 Å². The number of Topliss-reactive ketones (excluding diaryl/α,β-unsaturated/α-hetero) is 1. The molecule has 0 bridgehead atoms. The summed E-state index contributed by atoms with van der Waals surface area (Å²) in [5, 5.41) is 0. The third kappa shape index (κ3) is 2.64. The van der Waals surface area contributed by atoms with Crippen molar-refractivity contribution in [1.29, 1.82) is 0 Å². The van der Waals surface area contributed by atoms with Crippen LogP contribution in [0, 0.1) is 0 Å². The molecule has 1 saturated heterocycles. The molecule has 1 fully saturated rings. The van der Waals surface area contributed by atoms with Crippen molar-refractivity contribution in [2.75, 3.05) is 39.5 Å². The Hall–Kier alpha value is -1.59. The van der Waals surface area contributed by atoms with E-state index in [1.165, 1.54) is 0 Å². The predicted octanol–water partition coefficient (Wildman–Crippen LogP) is 1.36. The number of likely N-dealkylation sites (N-methyl/N-ethyl adjacent to an activating group) is 1. The first-order valence-corrected chi connectivity index (χ1v) is 7.05. The molecule has 20 heavy (non-hydrogen) atoms. The largest absolute Gasteiger partial charge is 0.486 e. The number of fused-ring (bicyclic) bond motifs is 1. The van der Waals surface area contributed by atoms with Gasteiger partial charge in [0.2, 0.25) is 0 Å². The van der Waals surface area contributed by atoms with E-state index in [0.29, 0.717) is 43.4 Å². The minimum absolute atomic E-state index is 0.0140. The number of benzene rings is 1. The van der Waals surface area contributed by atoms with Crippen LogP contribution >= 0.6 is 0 Å². The van der Waals surface area contributed by atoms with Crippen molar-refractivity contribution in [2.24, 2.45) is 0 Å². The molecule has 5 heteroatoms. The van der Waals surface area contributed by atoms with Gasteiger partial charge in [-0.3, -0.25) is 9.69 Å². The summed E-state index contributed by atoms with van der Waals surface area (Å²) in [7, 11) is 0. The van der Waals surface area contributed by atoms with E-state index in [9.17, 15) is 4.79 Å². The summed E-state index contributed by atoms with van der Waals surface area (Å²) in [4.78, 5) is 14.7. The molecular weight excluding hydrogens is 258 g/mol. The van der Waals surface area contributed by atoms with E-state index in [1.54, 1.807) is 18.2 Å². The first-order chi connectivity index (χ1) is 9.78. The van der Waals surface area contributed by atoms with Crippen molar-refractivity contribution < 1.29 is 19.0 Å². The van der Waals surface area contributed by atoms with Crippen LogP contribution in [0.3, 0.4) is 0 Å². The molecule has 0 saturated carbocycles. The van der Waals surface area contributed by atoms with Crippen LogP contribution in [0.15, 0.2) is 18.2 Å². The van der Waals surface area contributed by atoms with E-state index in [4.69, 9.17) is 14.2 Å². The average molecular weight is 277 g/mol. The second kappa shape index (κ2) is 5.81. The van der Waals surface area contributed by atoms with Crippen LogP contribution < -0.4 is 9.47 Å². The maximum absolute atomic E-state index is 12.5. The normalized spacial score (nSPS) is 22.6. The van der Waals surface area contributed by atoms with Gasteiger partial charge in [0.05, 0.1) is 6.61 Å². The van der Waals surface area contributed by atoms with Gasteiger partial charge in [-0.2, -0.15) is 0 Å². The van der Waals surface area contributed by atoms with E-state index in [0.717, 1.165) is 13.1 Å². The quantitative estimate of drug-likeness (QED) is 0.781. The Morgan fingerprint density at radius 2 is 2.05 bits per heavy atom. The van der Waals surface area contributed by atoms with Crippen molar-refractivity contribution in [3.8, 4) is 11.5 Å². The van der Waals surface area contributed by atoms with Gasteiger partial charge in [-0.25, -0.2) is 0 Å². The molecule has 5 nitrogen and oxygen atoms in total. The summed E-state index contributed by atoms with van der Waals surface area (Å²) in [6.07, 6.45) is -0.383. The monoisotopic (exact) mass is 277 g/mol. The van der Waals surface area contributed by atoms with Gasteiger partial charge in [-0.05, 0) is 24.7 Å². The van der Waals surface area contributed by atoms with E-state index in [2.05, 4.69) is 11.8 Å². The smallest absolute Gasteiger partial charge is 0.193 e. The molecule has 2 heterocycles. The van der Waals surface area contributed by atoms with Crippen molar-refractivity contribution in [3.63, 3.8) is 0 Å². The standard InChI is InChI=1S/C15H19NO4/c1-2-16-5-6-18-14(10-16)15(17)11-3-4-12-13(9-11)20-8-7-19-12/h3-4,9,14H,2,5-8,10H2,1H3. The summed E-state index contributed by atoms with van der Waals surface area (Å²) in [5.41, 5.74) is 0.622. The van der Waals surface area contributed by atoms with Crippen LogP contribution in [-0.4, -0.2) is 56.2 Å². The molecule has 0 radical (unpaired) electrons. The lowest BCUT2D eigenvalue weighted by Crippen LogP contribution is -2.45. The molecule has 0 amide bonds. The maximum Gasteiger partial charge on any atom is 0.193 e. The minimum atomic E-state index is -0.383. The van der Waals surface area contributed by atoms with Gasteiger partial charge in [-0.15, -0.1) is 0 Å². The lowest BCUT2D eigenvalue weighted by molar-refractivity contribution is -0.0148. The summed E-state index contributed by atoms with van der Waals surface area (Å²) in [6, 6.07) is 5.33. The molecule has 0 N–H and O–H groups in total. The fourth-order valence-corrected chi connectivity index (χ4v) is 2.53. The predicted molar refractivity (Wildman–Crippen MR) is 73.6 cm³/mol. The first kappa shape index (κ1) is 13.4. The Labute approximate surface area is 118 Å². The van der Waals surface area contributed by atoms with Crippen molar-refractivity contribution in [1.82, 2.24) is 4.90 Å². The van der Waals surface area contributed by atoms with Gasteiger partial charge in [0.25, 0.3) is 0 Å². The molecule has 2 aliphatic rings. The highest BCUT2D eigenvalue weighted by molar-refractivity contribution is 6.00. The topological polar surface area (TPSA) is 48.0 Å². The van der Waals surface area contributed by atoms with Crippen molar-refractivity contribution in [2.45, 2.75) is 13.0 Å². The van der Waals surface area contributed by atoms with Crippen molar-refractivity contribution >= 4 is 5.78 Å². The molecule has 1 unspecified atom stereocenters. The van der Waals surface area contributed by atoms with Gasteiger partial charge < -0.3 is 14.2 Å². The zero-order valence-corrected chi connectivity index (χ0v) is 11.6. The van der Waals surface area contributed by atoms with Crippen LogP contribution in [0.4, 0.5) is 0 Å². The number of carbonyl (C=O) groups excluding carboxylic acids is 1. The lowest BCUT2D eigenvalue weighted by Gasteiger charge is -2.31. The number of nitrogens with zero attached hydrogens (tertiary/aromatic N) is 1. The van der Waals surface area contributed by atoms with Crippen LogP contribution in [0.5, 0.6) is 11.5 Å². The highest BCUT2D eigenvalue weighted by Gasteiger charge is 2.27. The summed E-state index contributed by atoms with van der Waals surface area (Å²) < 4.78 is 16.6. The molecule has 0 spiro atoms. The number of rotatable bonds is 3. The fourth-order valence-electron chi connectivity index (χ4n) is 2.53. The molecule has 0 aliphatic carbocycles. The number of ketones is 1. The third-order valence-electron chi connectivity index (χ3n) is 3.72. The molecule has 1 aromatic carbocycles. The van der Waals surface area contributed by atoms with Crippen LogP contribution in [0.1, 0.15) is 17.3 Å². The molecule has 1 atom stereocenters. The Morgan fingerprint density at radius 3 is 2.85 bits per heavy atom. The minimum Gasteiger partial charge on any atom is -0.486 e. The SMILES string of the molecule is CCN1CCOC(C(=O)c2ccc3c(c2)OCCO3)C1. The number of hydrogen-bond donors (Lipinski definition) is 0. The zero-order valence-electron chi connectivity index (χ0n) is 11.6. The summed E-state index contributed by atoms with van der Waals surface area (Å²) in [6.45, 7) is 6.26. The molecule has 108 valence electrons. The Balaban J connectivity index is 1.76. The highest BCUT2D eigenvalue weighted by atomic mass is 16.6. The molecule has 3 rings (SSSR count). The second-order valence-corrected chi connectivity index (χ2v) is 4.98. The maximum atomic E-state index is 12.5. The number of morpholine rings is 1. The van der Waals surface area contributed by atoms with E-state index in [-0.39, 0.29) is 11.9 Å². The Kier molecular flexibility index (Phi) is 3.89. The number of carbonyl (C=O) groups is 1. The highest BCUT2D eigenvalue weighted by Crippen LogP contribution is 2.31. The van der Waals surface area contributed by atoms with Gasteiger partial charge in [-0.1, -0.05) is 6.92 Å². The van der Waals surface area contributed by atoms with E-state index in [1.807, 2.05) is 0 Å². The molecule has 1 aromatic rings. The molecule has 2 aliphatic heterocycles. The zero-order chi connectivity index (χ0) is 13.9. The number of ether oxygens (including phenoxy) is 3. The molecular formula is C15H19NO4. The Morgan fingerprint density at radius 1 is 1.25 bits per heavy atom. The second-order valence-electron chi connectivity index (χ2n) is 4.98. The average Bonchev–Trinajstić information content (AvgIpc) is 2.53.